The summed E-state index contributed by atoms with van der Waals surface area (Å²) in [4.78, 5) is 13.8. The zero-order chi connectivity index (χ0) is 11.3. The van der Waals surface area contributed by atoms with Crippen LogP contribution in [0, 0.1) is 5.41 Å². The summed E-state index contributed by atoms with van der Waals surface area (Å²) in [5.41, 5.74) is -0.0391. The molecule has 0 aromatic heterocycles. The molecule has 0 radical (unpaired) electrons. The fourth-order valence-electron chi connectivity index (χ4n) is 2.97. The zero-order valence-electron chi connectivity index (χ0n) is 10.1. The average Bonchev–Trinajstić information content (AvgIpc) is 2.59. The number of ether oxygens (including phenoxy) is 1. The number of hydrogen-bond acceptors (Lipinski definition) is 3. The summed E-state index contributed by atoms with van der Waals surface area (Å²) in [5, 5.41) is 0. The van der Waals surface area contributed by atoms with Gasteiger partial charge in [-0.25, -0.2) is 0 Å². The van der Waals surface area contributed by atoms with Gasteiger partial charge in [0, 0.05) is 31.7 Å². The highest BCUT2D eigenvalue weighted by Gasteiger charge is 2.33. The number of aldehydes is 1. The normalized spacial score (nSPS) is 27.2. The van der Waals surface area contributed by atoms with Gasteiger partial charge in [0.1, 0.15) is 6.29 Å². The number of carbonyl (C=O) groups is 1. The van der Waals surface area contributed by atoms with Gasteiger partial charge >= 0.3 is 0 Å². The number of nitrogens with zero attached hydrogens (tertiary/aromatic N) is 1. The zero-order valence-corrected chi connectivity index (χ0v) is 10.1. The predicted molar refractivity (Wildman–Crippen MR) is 63.5 cm³/mol. The molecule has 0 spiro atoms. The number of rotatable bonds is 3. The lowest BCUT2D eigenvalue weighted by Gasteiger charge is -2.36. The van der Waals surface area contributed by atoms with Crippen molar-refractivity contribution in [2.45, 2.75) is 38.5 Å². The van der Waals surface area contributed by atoms with Crippen LogP contribution in [0.25, 0.3) is 0 Å². The van der Waals surface area contributed by atoms with Crippen LogP contribution in [0.5, 0.6) is 0 Å². The summed E-state index contributed by atoms with van der Waals surface area (Å²) in [6.07, 6.45) is 8.28. The van der Waals surface area contributed by atoms with E-state index in [1.165, 1.54) is 25.5 Å². The van der Waals surface area contributed by atoms with Crippen LogP contribution in [0.2, 0.25) is 0 Å². The van der Waals surface area contributed by atoms with Gasteiger partial charge < -0.3 is 9.53 Å². The number of hydrogen-bond donors (Lipinski definition) is 0. The fourth-order valence-corrected chi connectivity index (χ4v) is 2.97. The monoisotopic (exact) mass is 225 g/mol. The van der Waals surface area contributed by atoms with Crippen LogP contribution in [-0.4, -0.2) is 44.0 Å². The maximum Gasteiger partial charge on any atom is 0.127 e. The Labute approximate surface area is 98.1 Å². The first-order valence-electron chi connectivity index (χ1n) is 6.61. The fraction of sp³-hybridized carbons (Fsp3) is 0.923. The molecular weight excluding hydrogens is 202 g/mol. The first-order chi connectivity index (χ1) is 7.85. The van der Waals surface area contributed by atoms with Gasteiger partial charge in [0.2, 0.25) is 0 Å². The number of carbonyl (C=O) groups excluding carboxylic acids is 1. The molecule has 0 aromatic rings. The van der Waals surface area contributed by atoms with Crippen molar-refractivity contribution in [3.63, 3.8) is 0 Å². The van der Waals surface area contributed by atoms with Crippen LogP contribution < -0.4 is 0 Å². The van der Waals surface area contributed by atoms with Crippen molar-refractivity contribution in [3.8, 4) is 0 Å². The van der Waals surface area contributed by atoms with Crippen LogP contribution >= 0.6 is 0 Å². The van der Waals surface area contributed by atoms with Crippen molar-refractivity contribution >= 4 is 6.29 Å². The molecule has 0 bridgehead atoms. The van der Waals surface area contributed by atoms with Crippen LogP contribution in [0.15, 0.2) is 0 Å². The van der Waals surface area contributed by atoms with Gasteiger partial charge in [-0.1, -0.05) is 19.3 Å². The Hall–Kier alpha value is -0.410. The summed E-state index contributed by atoms with van der Waals surface area (Å²) in [7, 11) is 0. The molecule has 0 N–H and O–H groups in total. The SMILES string of the molecule is O=CC1(CN2CCCOCC2)CCCCC1. The Morgan fingerprint density at radius 2 is 1.88 bits per heavy atom. The highest BCUT2D eigenvalue weighted by Crippen LogP contribution is 2.35. The minimum Gasteiger partial charge on any atom is -0.380 e. The van der Waals surface area contributed by atoms with E-state index in [9.17, 15) is 4.79 Å². The maximum absolute atomic E-state index is 11.4. The van der Waals surface area contributed by atoms with E-state index in [1.54, 1.807) is 0 Å². The second-order valence-corrected chi connectivity index (χ2v) is 5.28. The highest BCUT2D eigenvalue weighted by atomic mass is 16.5. The van der Waals surface area contributed by atoms with Crippen LogP contribution in [0.3, 0.4) is 0 Å². The van der Waals surface area contributed by atoms with Crippen molar-refractivity contribution < 1.29 is 9.53 Å². The van der Waals surface area contributed by atoms with Gasteiger partial charge in [-0.3, -0.25) is 4.90 Å². The summed E-state index contributed by atoms with van der Waals surface area (Å²) in [6, 6.07) is 0. The topological polar surface area (TPSA) is 29.5 Å². The standard InChI is InChI=1S/C13H23NO2/c15-12-13(5-2-1-3-6-13)11-14-7-4-9-16-10-8-14/h12H,1-11H2. The third-order valence-electron chi connectivity index (χ3n) is 3.95. The summed E-state index contributed by atoms with van der Waals surface area (Å²) in [5.74, 6) is 0. The molecular formula is C13H23NO2. The average molecular weight is 225 g/mol. The van der Waals surface area contributed by atoms with Gasteiger partial charge in [0.05, 0.1) is 6.61 Å². The van der Waals surface area contributed by atoms with Crippen molar-refractivity contribution in [1.82, 2.24) is 4.90 Å². The van der Waals surface area contributed by atoms with Crippen LogP contribution in [0.1, 0.15) is 38.5 Å². The molecule has 3 heteroatoms. The quantitative estimate of drug-likeness (QED) is 0.687. The largest absolute Gasteiger partial charge is 0.380 e. The van der Waals surface area contributed by atoms with Gasteiger partial charge in [-0.2, -0.15) is 0 Å². The predicted octanol–water partition coefficient (Wildman–Crippen LogP) is 1.86. The van der Waals surface area contributed by atoms with Crippen LogP contribution in [-0.2, 0) is 9.53 Å². The molecule has 0 atom stereocenters. The van der Waals surface area contributed by atoms with Crippen molar-refractivity contribution in [3.05, 3.63) is 0 Å². The lowest BCUT2D eigenvalue weighted by atomic mass is 9.75. The van der Waals surface area contributed by atoms with E-state index in [0.29, 0.717) is 0 Å². The molecule has 16 heavy (non-hydrogen) atoms. The Kier molecular flexibility index (Phi) is 4.36. The summed E-state index contributed by atoms with van der Waals surface area (Å²) in [6.45, 7) is 4.75. The summed E-state index contributed by atoms with van der Waals surface area (Å²) < 4.78 is 5.45. The first-order valence-corrected chi connectivity index (χ1v) is 6.61. The molecule has 0 amide bonds. The van der Waals surface area contributed by atoms with E-state index in [4.69, 9.17) is 4.74 Å². The molecule has 0 aromatic carbocycles. The van der Waals surface area contributed by atoms with E-state index >= 15 is 0 Å². The van der Waals surface area contributed by atoms with Gasteiger partial charge in [-0.15, -0.1) is 0 Å². The smallest absolute Gasteiger partial charge is 0.127 e. The summed E-state index contributed by atoms with van der Waals surface area (Å²) >= 11 is 0. The van der Waals surface area contributed by atoms with Gasteiger partial charge in [0.15, 0.2) is 0 Å². The van der Waals surface area contributed by atoms with Crippen molar-refractivity contribution in [1.29, 1.82) is 0 Å². The minimum absolute atomic E-state index is 0.0391. The molecule has 92 valence electrons. The van der Waals surface area contributed by atoms with Gasteiger partial charge in [-0.05, 0) is 19.3 Å². The Morgan fingerprint density at radius 1 is 1.06 bits per heavy atom. The first kappa shape index (κ1) is 12.1. The third-order valence-corrected chi connectivity index (χ3v) is 3.95. The van der Waals surface area contributed by atoms with E-state index in [1.807, 2.05) is 0 Å². The third kappa shape index (κ3) is 3.05. The van der Waals surface area contributed by atoms with Gasteiger partial charge in [0.25, 0.3) is 0 Å². The Balaban J connectivity index is 1.91. The van der Waals surface area contributed by atoms with E-state index in [-0.39, 0.29) is 5.41 Å². The van der Waals surface area contributed by atoms with E-state index in [2.05, 4.69) is 4.90 Å². The molecule has 1 saturated carbocycles. The maximum atomic E-state index is 11.4. The lowest BCUT2D eigenvalue weighted by molar-refractivity contribution is -0.119. The van der Waals surface area contributed by atoms with Crippen molar-refractivity contribution in [2.75, 3.05) is 32.8 Å². The molecule has 1 aliphatic carbocycles. The molecule has 1 heterocycles. The highest BCUT2D eigenvalue weighted by molar-refractivity contribution is 5.60. The Bertz CT molecular complexity index is 216. The van der Waals surface area contributed by atoms with Crippen molar-refractivity contribution in [2.24, 2.45) is 5.41 Å². The molecule has 1 saturated heterocycles. The second-order valence-electron chi connectivity index (χ2n) is 5.28. The molecule has 1 aliphatic heterocycles. The van der Waals surface area contributed by atoms with E-state index in [0.717, 1.165) is 52.1 Å². The Morgan fingerprint density at radius 3 is 2.62 bits per heavy atom. The molecule has 2 aliphatic rings. The lowest BCUT2D eigenvalue weighted by Crippen LogP contribution is -2.41. The molecule has 2 fully saturated rings. The second kappa shape index (κ2) is 5.78. The molecule has 2 rings (SSSR count). The van der Waals surface area contributed by atoms with E-state index < -0.39 is 0 Å². The van der Waals surface area contributed by atoms with Crippen LogP contribution in [0.4, 0.5) is 0 Å². The molecule has 3 nitrogen and oxygen atoms in total. The minimum atomic E-state index is -0.0391. The molecule has 0 unspecified atom stereocenters.